The van der Waals surface area contributed by atoms with Gasteiger partial charge in [0.1, 0.15) is 0 Å². The highest BCUT2D eigenvalue weighted by atomic mass is 35.5. The molecule has 2 aromatic rings. The van der Waals surface area contributed by atoms with Crippen molar-refractivity contribution in [2.45, 2.75) is 64.7 Å². The lowest BCUT2D eigenvalue weighted by molar-refractivity contribution is -0.116. The van der Waals surface area contributed by atoms with Gasteiger partial charge in [0, 0.05) is 23.5 Å². The van der Waals surface area contributed by atoms with E-state index >= 15 is 0 Å². The Morgan fingerprint density at radius 1 is 1.37 bits per heavy atom. The van der Waals surface area contributed by atoms with Gasteiger partial charge in [-0.15, -0.1) is 5.10 Å². The lowest BCUT2D eigenvalue weighted by Crippen LogP contribution is -2.42. The van der Waals surface area contributed by atoms with Crippen molar-refractivity contribution in [3.63, 3.8) is 0 Å². The molecular formula is C19H25ClN4OS2. The fraction of sp³-hybridized carbons (Fsp3) is 0.526. The average molecular weight is 425 g/mol. The van der Waals surface area contributed by atoms with Crippen LogP contribution in [0.1, 0.15) is 52.0 Å². The van der Waals surface area contributed by atoms with Crippen LogP contribution in [0, 0.1) is 3.95 Å². The molecule has 1 saturated carbocycles. The second-order valence-electron chi connectivity index (χ2n) is 6.90. The van der Waals surface area contributed by atoms with Crippen molar-refractivity contribution in [3.8, 4) is 0 Å². The van der Waals surface area contributed by atoms with E-state index in [1.165, 1.54) is 16.9 Å². The second kappa shape index (κ2) is 8.39. The van der Waals surface area contributed by atoms with Crippen molar-refractivity contribution in [1.29, 1.82) is 0 Å². The summed E-state index contributed by atoms with van der Waals surface area (Å²) in [6.07, 6.45) is 3.93. The van der Waals surface area contributed by atoms with Gasteiger partial charge in [-0.1, -0.05) is 48.9 Å². The summed E-state index contributed by atoms with van der Waals surface area (Å²) in [6, 6.07) is 8.26. The highest BCUT2D eigenvalue weighted by molar-refractivity contribution is 7.73. The monoisotopic (exact) mass is 424 g/mol. The first kappa shape index (κ1) is 20.5. The van der Waals surface area contributed by atoms with Crippen LogP contribution >= 0.6 is 35.2 Å². The highest BCUT2D eigenvalue weighted by Crippen LogP contribution is 2.34. The molecule has 1 fully saturated rings. The molecule has 8 heteroatoms. The van der Waals surface area contributed by atoms with E-state index in [0.717, 1.165) is 30.7 Å². The number of aromatic nitrogens is 2. The van der Waals surface area contributed by atoms with E-state index in [1.54, 1.807) is 16.5 Å². The Kier molecular flexibility index (Phi) is 6.35. The Labute approximate surface area is 174 Å². The zero-order chi connectivity index (χ0) is 19.6. The SMILES string of the molecule is CCC(CC)(NCn1nc(N(C(C)=O)C2CC2)sc1=S)c1ccc(Cl)cc1. The molecule has 1 aliphatic rings. The molecule has 0 aliphatic heterocycles. The van der Waals surface area contributed by atoms with Crippen LogP contribution in [0.4, 0.5) is 5.13 Å². The van der Waals surface area contributed by atoms with Crippen LogP contribution in [0.3, 0.4) is 0 Å². The first-order valence-corrected chi connectivity index (χ1v) is 10.9. The van der Waals surface area contributed by atoms with Crippen molar-refractivity contribution in [1.82, 2.24) is 15.1 Å². The average Bonchev–Trinajstić information content (AvgIpc) is 3.40. The summed E-state index contributed by atoms with van der Waals surface area (Å²) < 4.78 is 2.45. The van der Waals surface area contributed by atoms with Gasteiger partial charge in [-0.2, -0.15) is 0 Å². The Balaban J connectivity index is 1.81. The van der Waals surface area contributed by atoms with Gasteiger partial charge < -0.3 is 0 Å². The fourth-order valence-electron chi connectivity index (χ4n) is 3.38. The molecule has 0 atom stereocenters. The second-order valence-corrected chi connectivity index (χ2v) is 8.94. The number of carbonyl (C=O) groups excluding carboxylic acids is 1. The highest BCUT2D eigenvalue weighted by Gasteiger charge is 2.34. The number of amides is 1. The van der Waals surface area contributed by atoms with Crippen LogP contribution in [-0.4, -0.2) is 21.7 Å². The Bertz CT molecular complexity index is 853. The maximum absolute atomic E-state index is 12.0. The first-order chi connectivity index (χ1) is 12.9. The largest absolute Gasteiger partial charge is 0.289 e. The van der Waals surface area contributed by atoms with Crippen molar-refractivity contribution in [2.75, 3.05) is 4.90 Å². The number of halogens is 1. The minimum Gasteiger partial charge on any atom is -0.289 e. The van der Waals surface area contributed by atoms with E-state index in [9.17, 15) is 4.79 Å². The molecule has 1 aromatic heterocycles. The molecule has 1 N–H and O–H groups in total. The third-order valence-electron chi connectivity index (χ3n) is 5.22. The van der Waals surface area contributed by atoms with Gasteiger partial charge in [0.25, 0.3) is 0 Å². The van der Waals surface area contributed by atoms with Gasteiger partial charge in [-0.05, 0) is 55.6 Å². The summed E-state index contributed by atoms with van der Waals surface area (Å²) in [5.41, 5.74) is 1.02. The van der Waals surface area contributed by atoms with E-state index in [0.29, 0.717) is 15.8 Å². The quantitative estimate of drug-likeness (QED) is 0.598. The maximum atomic E-state index is 12.0. The van der Waals surface area contributed by atoms with Crippen molar-refractivity contribution < 1.29 is 4.79 Å². The van der Waals surface area contributed by atoms with E-state index < -0.39 is 0 Å². The number of nitrogens with one attached hydrogen (secondary N) is 1. The molecule has 146 valence electrons. The van der Waals surface area contributed by atoms with Crippen LogP contribution in [0.2, 0.25) is 5.02 Å². The van der Waals surface area contributed by atoms with Gasteiger partial charge in [-0.3, -0.25) is 15.0 Å². The Hall–Kier alpha value is -1.28. The minimum atomic E-state index is -0.181. The summed E-state index contributed by atoms with van der Waals surface area (Å²) in [4.78, 5) is 13.8. The number of hydrogen-bond acceptors (Lipinski definition) is 5. The molecule has 3 rings (SSSR count). The van der Waals surface area contributed by atoms with E-state index in [2.05, 4.69) is 36.4 Å². The summed E-state index contributed by atoms with van der Waals surface area (Å²) in [5, 5.41) is 9.70. The molecule has 0 spiro atoms. The van der Waals surface area contributed by atoms with Crippen LogP contribution in [0.5, 0.6) is 0 Å². The third-order valence-corrected chi connectivity index (χ3v) is 6.78. The van der Waals surface area contributed by atoms with Gasteiger partial charge in [0.2, 0.25) is 11.0 Å². The molecule has 0 radical (unpaired) electrons. The standard InChI is InChI=1S/C19H25ClN4OS2/c1-4-19(5-2,14-6-8-15(20)9-7-14)21-12-23-18(26)27-17(22-23)24(13(3)25)16-10-11-16/h6-9,16,21H,4-5,10-12H2,1-3H3. The number of hydrogen-bond donors (Lipinski definition) is 1. The maximum Gasteiger partial charge on any atom is 0.225 e. The molecule has 1 heterocycles. The topological polar surface area (TPSA) is 50.2 Å². The van der Waals surface area contributed by atoms with Crippen molar-refractivity contribution in [2.24, 2.45) is 0 Å². The predicted octanol–water partition coefficient (Wildman–Crippen LogP) is 5.11. The third kappa shape index (κ3) is 4.42. The Morgan fingerprint density at radius 3 is 2.52 bits per heavy atom. The lowest BCUT2D eigenvalue weighted by Gasteiger charge is -2.34. The molecular weight excluding hydrogens is 400 g/mol. The normalized spacial score (nSPS) is 14.4. The van der Waals surface area contributed by atoms with Crippen LogP contribution < -0.4 is 10.2 Å². The summed E-state index contributed by atoms with van der Waals surface area (Å²) in [6.45, 7) is 6.42. The van der Waals surface area contributed by atoms with Crippen molar-refractivity contribution in [3.05, 3.63) is 38.8 Å². The van der Waals surface area contributed by atoms with Gasteiger partial charge in [0.05, 0.1) is 6.67 Å². The molecule has 0 saturated heterocycles. The minimum absolute atomic E-state index is 0.0268. The van der Waals surface area contributed by atoms with Crippen LogP contribution in [-0.2, 0) is 17.0 Å². The summed E-state index contributed by atoms with van der Waals surface area (Å²) in [5.74, 6) is 0.0268. The molecule has 5 nitrogen and oxygen atoms in total. The number of benzene rings is 1. The lowest BCUT2D eigenvalue weighted by atomic mass is 9.85. The molecule has 1 aromatic carbocycles. The smallest absolute Gasteiger partial charge is 0.225 e. The van der Waals surface area contributed by atoms with Gasteiger partial charge in [0.15, 0.2) is 3.95 Å². The number of anilines is 1. The van der Waals surface area contributed by atoms with E-state index in [4.69, 9.17) is 23.8 Å². The number of nitrogens with zero attached hydrogens (tertiary/aromatic N) is 3. The fourth-order valence-corrected chi connectivity index (χ4v) is 4.72. The van der Waals surface area contributed by atoms with Gasteiger partial charge in [-0.25, -0.2) is 4.68 Å². The Morgan fingerprint density at radius 2 is 2.00 bits per heavy atom. The number of rotatable bonds is 8. The van der Waals surface area contributed by atoms with Crippen LogP contribution in [0.15, 0.2) is 24.3 Å². The van der Waals surface area contributed by atoms with Gasteiger partial charge >= 0.3 is 0 Å². The molecule has 1 aliphatic carbocycles. The summed E-state index contributed by atoms with van der Waals surface area (Å²) >= 11 is 13.0. The predicted molar refractivity (Wildman–Crippen MR) is 114 cm³/mol. The molecule has 0 unspecified atom stereocenters. The summed E-state index contributed by atoms with van der Waals surface area (Å²) in [7, 11) is 0. The molecule has 0 bridgehead atoms. The zero-order valence-corrected chi connectivity index (χ0v) is 18.3. The van der Waals surface area contributed by atoms with E-state index in [-0.39, 0.29) is 17.5 Å². The first-order valence-electron chi connectivity index (χ1n) is 9.29. The molecule has 1 amide bonds. The van der Waals surface area contributed by atoms with E-state index in [1.807, 2.05) is 12.1 Å². The van der Waals surface area contributed by atoms with Crippen LogP contribution in [0.25, 0.3) is 0 Å². The molecule has 27 heavy (non-hydrogen) atoms. The zero-order valence-electron chi connectivity index (χ0n) is 15.9. The number of carbonyl (C=O) groups is 1. The van der Waals surface area contributed by atoms with Crippen molar-refractivity contribution >= 4 is 46.2 Å².